The van der Waals surface area contributed by atoms with Crippen LogP contribution in [-0.2, 0) is 0 Å². The summed E-state index contributed by atoms with van der Waals surface area (Å²) in [6.45, 7) is 4.14. The maximum Gasteiger partial charge on any atom is 0.188 e. The lowest BCUT2D eigenvalue weighted by molar-refractivity contribution is 0.318. The first kappa shape index (κ1) is 13.4. The van der Waals surface area contributed by atoms with Crippen molar-refractivity contribution in [2.75, 3.05) is 0 Å². The minimum atomic E-state index is 0.0171. The van der Waals surface area contributed by atoms with Crippen LogP contribution in [0.5, 0.6) is 0 Å². The number of nitrogens with zero attached hydrogens (tertiary/aromatic N) is 2. The molecule has 0 aliphatic rings. The van der Waals surface area contributed by atoms with E-state index in [1.165, 1.54) is 16.0 Å². The van der Waals surface area contributed by atoms with Crippen LogP contribution in [0.25, 0.3) is 0 Å². The number of rotatable bonds is 3. The Morgan fingerprint density at radius 1 is 1.26 bits per heavy atom. The van der Waals surface area contributed by atoms with Crippen molar-refractivity contribution in [2.24, 2.45) is 10.9 Å². The molecule has 3 N–H and O–H groups in total. The minimum absolute atomic E-state index is 0.0171. The van der Waals surface area contributed by atoms with Crippen LogP contribution in [0.3, 0.4) is 0 Å². The normalized spacial score (nSPS) is 11.6. The maximum atomic E-state index is 8.67. The van der Waals surface area contributed by atoms with Gasteiger partial charge in [-0.3, -0.25) is 4.98 Å². The van der Waals surface area contributed by atoms with E-state index >= 15 is 0 Å². The molecule has 0 radical (unpaired) electrons. The Labute approximate surface area is 116 Å². The molecule has 0 aliphatic carbocycles. The molecule has 1 heterocycles. The Morgan fingerprint density at radius 3 is 2.79 bits per heavy atom. The van der Waals surface area contributed by atoms with E-state index in [4.69, 9.17) is 10.9 Å². The molecule has 2 rings (SSSR count). The molecule has 0 saturated heterocycles. The van der Waals surface area contributed by atoms with Crippen LogP contribution in [-0.4, -0.2) is 16.0 Å². The number of aromatic nitrogens is 1. The van der Waals surface area contributed by atoms with Crippen LogP contribution < -0.4 is 5.73 Å². The highest BCUT2D eigenvalue weighted by atomic mass is 32.2. The number of hydrogen-bond donors (Lipinski definition) is 2. The van der Waals surface area contributed by atoms with E-state index in [9.17, 15) is 0 Å². The number of amidine groups is 1. The molecular formula is C14H15N3OS. The highest BCUT2D eigenvalue weighted by Crippen LogP contribution is 2.30. The van der Waals surface area contributed by atoms with Crippen LogP contribution in [0.1, 0.15) is 16.8 Å². The lowest BCUT2D eigenvalue weighted by Gasteiger charge is -2.07. The van der Waals surface area contributed by atoms with Crippen LogP contribution in [0.4, 0.5) is 0 Å². The van der Waals surface area contributed by atoms with Crippen molar-refractivity contribution >= 4 is 17.6 Å². The van der Waals surface area contributed by atoms with Gasteiger partial charge in [-0.05, 0) is 43.2 Å². The number of hydrogen-bond acceptors (Lipinski definition) is 4. The molecule has 2 aromatic rings. The summed E-state index contributed by atoms with van der Waals surface area (Å²) in [7, 11) is 0. The van der Waals surface area contributed by atoms with Gasteiger partial charge in [0.05, 0.1) is 0 Å². The van der Waals surface area contributed by atoms with E-state index in [2.05, 4.69) is 42.2 Å². The molecule has 0 aliphatic heterocycles. The van der Waals surface area contributed by atoms with Crippen LogP contribution in [0.2, 0.25) is 0 Å². The van der Waals surface area contributed by atoms with Gasteiger partial charge in [-0.15, -0.1) is 0 Å². The van der Waals surface area contributed by atoms with Gasteiger partial charge in [-0.2, -0.15) is 0 Å². The second kappa shape index (κ2) is 5.75. The third-order valence-corrected chi connectivity index (χ3v) is 3.82. The average Bonchev–Trinajstić information content (AvgIpc) is 2.42. The van der Waals surface area contributed by atoms with Crippen molar-refractivity contribution in [3.63, 3.8) is 0 Å². The molecule has 19 heavy (non-hydrogen) atoms. The van der Waals surface area contributed by atoms with Crippen molar-refractivity contribution in [3.8, 4) is 0 Å². The van der Waals surface area contributed by atoms with E-state index < -0.39 is 0 Å². The average molecular weight is 273 g/mol. The fourth-order valence-electron chi connectivity index (χ4n) is 1.61. The summed E-state index contributed by atoms with van der Waals surface area (Å²) in [6, 6.07) is 10.0. The van der Waals surface area contributed by atoms with Gasteiger partial charge < -0.3 is 10.9 Å². The quantitative estimate of drug-likeness (QED) is 0.390. The fraction of sp³-hybridized carbons (Fsp3) is 0.143. The fourth-order valence-corrected chi connectivity index (χ4v) is 2.64. The highest BCUT2D eigenvalue weighted by Gasteiger charge is 2.05. The molecule has 0 amide bonds. The first-order valence-electron chi connectivity index (χ1n) is 5.79. The van der Waals surface area contributed by atoms with E-state index in [1.807, 2.05) is 12.1 Å². The monoisotopic (exact) mass is 273 g/mol. The Balaban J connectivity index is 2.31. The van der Waals surface area contributed by atoms with Crippen LogP contribution in [0.15, 0.2) is 51.5 Å². The number of aryl methyl sites for hydroxylation is 2. The Hall–Kier alpha value is -2.01. The van der Waals surface area contributed by atoms with Gasteiger partial charge in [-0.1, -0.05) is 29.1 Å². The zero-order valence-electron chi connectivity index (χ0n) is 10.8. The number of pyridine rings is 1. The van der Waals surface area contributed by atoms with E-state index in [0.717, 1.165) is 4.90 Å². The molecule has 0 unspecified atom stereocenters. The molecule has 0 atom stereocenters. The zero-order valence-corrected chi connectivity index (χ0v) is 11.6. The van der Waals surface area contributed by atoms with Crippen LogP contribution in [0, 0.1) is 13.8 Å². The van der Waals surface area contributed by atoms with Crippen molar-refractivity contribution in [1.29, 1.82) is 0 Å². The predicted octanol–water partition coefficient (Wildman–Crippen LogP) is 2.94. The van der Waals surface area contributed by atoms with Gasteiger partial charge >= 0.3 is 0 Å². The van der Waals surface area contributed by atoms with Crippen molar-refractivity contribution < 1.29 is 5.21 Å². The van der Waals surface area contributed by atoms with Crippen molar-refractivity contribution in [3.05, 3.63) is 53.3 Å². The molecule has 0 fully saturated rings. The molecule has 5 heteroatoms. The van der Waals surface area contributed by atoms with Gasteiger partial charge in [0.25, 0.3) is 0 Å². The number of oxime groups is 1. The Kier molecular flexibility index (Phi) is 4.06. The summed E-state index contributed by atoms with van der Waals surface area (Å²) in [5.41, 5.74) is 8.45. The highest BCUT2D eigenvalue weighted by molar-refractivity contribution is 7.99. The second-order valence-electron chi connectivity index (χ2n) is 4.23. The molecule has 1 aromatic heterocycles. The smallest absolute Gasteiger partial charge is 0.188 e. The summed E-state index contributed by atoms with van der Waals surface area (Å²) >= 11 is 1.64. The first-order chi connectivity index (χ1) is 9.10. The molecule has 0 spiro atoms. The van der Waals surface area contributed by atoms with Gasteiger partial charge in [0.15, 0.2) is 5.84 Å². The standard InChI is InChI=1S/C14H15N3OS/c1-9-3-4-10(2)13(7-9)19-11-5-6-16-12(8-11)14(15)17-18/h3-8,18H,1-2H3,(H2,15,17). The van der Waals surface area contributed by atoms with Crippen molar-refractivity contribution in [2.45, 2.75) is 23.6 Å². The lowest BCUT2D eigenvalue weighted by atomic mass is 10.2. The first-order valence-corrected chi connectivity index (χ1v) is 6.61. The van der Waals surface area contributed by atoms with Gasteiger partial charge in [0.1, 0.15) is 5.69 Å². The third kappa shape index (κ3) is 3.26. The summed E-state index contributed by atoms with van der Waals surface area (Å²) in [5, 5.41) is 11.6. The Bertz CT molecular complexity index is 626. The molecule has 0 bridgehead atoms. The summed E-state index contributed by atoms with van der Waals surface area (Å²) in [4.78, 5) is 6.26. The molecule has 98 valence electrons. The second-order valence-corrected chi connectivity index (χ2v) is 5.35. The lowest BCUT2D eigenvalue weighted by Crippen LogP contribution is -2.14. The summed E-state index contributed by atoms with van der Waals surface area (Å²) < 4.78 is 0. The third-order valence-electron chi connectivity index (χ3n) is 2.67. The van der Waals surface area contributed by atoms with Gasteiger partial charge in [0, 0.05) is 16.0 Å². The largest absolute Gasteiger partial charge is 0.409 e. The molecular weight excluding hydrogens is 258 g/mol. The zero-order chi connectivity index (χ0) is 13.8. The minimum Gasteiger partial charge on any atom is -0.409 e. The summed E-state index contributed by atoms with van der Waals surface area (Å²) in [6.07, 6.45) is 1.65. The van der Waals surface area contributed by atoms with Crippen LogP contribution >= 0.6 is 11.8 Å². The van der Waals surface area contributed by atoms with Gasteiger partial charge in [0.2, 0.25) is 0 Å². The van der Waals surface area contributed by atoms with E-state index in [0.29, 0.717) is 5.69 Å². The predicted molar refractivity (Wildman–Crippen MR) is 76.8 cm³/mol. The molecule has 1 aromatic carbocycles. The summed E-state index contributed by atoms with van der Waals surface area (Å²) in [5.74, 6) is 0.0171. The maximum absolute atomic E-state index is 8.67. The SMILES string of the molecule is Cc1ccc(C)c(Sc2ccnc(C(N)=NO)c2)c1. The Morgan fingerprint density at radius 2 is 2.05 bits per heavy atom. The molecule has 0 saturated carbocycles. The van der Waals surface area contributed by atoms with Gasteiger partial charge in [-0.25, -0.2) is 0 Å². The number of nitrogens with two attached hydrogens (primary N) is 1. The van der Waals surface area contributed by atoms with E-state index in [-0.39, 0.29) is 5.84 Å². The number of benzene rings is 1. The molecule has 4 nitrogen and oxygen atoms in total. The topological polar surface area (TPSA) is 71.5 Å². The van der Waals surface area contributed by atoms with E-state index in [1.54, 1.807) is 18.0 Å². The van der Waals surface area contributed by atoms with Crippen molar-refractivity contribution in [1.82, 2.24) is 4.98 Å².